The minimum absolute atomic E-state index is 0.0238. The quantitative estimate of drug-likeness (QED) is 0.774. The largest absolute Gasteiger partial charge is 0.396 e. The van der Waals surface area contributed by atoms with Crippen LogP contribution < -0.4 is 5.32 Å². The van der Waals surface area contributed by atoms with Gasteiger partial charge in [-0.25, -0.2) is 0 Å². The van der Waals surface area contributed by atoms with E-state index in [0.29, 0.717) is 18.9 Å². The lowest BCUT2D eigenvalue weighted by atomic mass is 9.83. The number of carbonyl (C=O) groups is 1. The average Bonchev–Trinajstić information content (AvgIpc) is 2.60. The number of nitrogens with zero attached hydrogens (tertiary/aromatic N) is 1. The Kier molecular flexibility index (Phi) is 7.53. The van der Waals surface area contributed by atoms with Crippen LogP contribution >= 0.6 is 0 Å². The fourth-order valence-electron chi connectivity index (χ4n) is 3.46. The number of nitrogens with one attached hydrogen (secondary N) is 1. The standard InChI is InChI=1S/C19H30N2O2/c1-15(11-16-7-3-2-4-8-16)19(23)21-13-17(14-22)12-18-9-5-6-10-20-18/h5-6,9-10,15-17,22H,2-4,7-8,11-14H2,1H3,(H,21,23). The first kappa shape index (κ1) is 17.9. The zero-order valence-corrected chi connectivity index (χ0v) is 14.2. The molecule has 2 N–H and O–H groups in total. The molecule has 0 saturated heterocycles. The predicted molar refractivity (Wildman–Crippen MR) is 91.9 cm³/mol. The number of rotatable bonds is 8. The topological polar surface area (TPSA) is 62.2 Å². The zero-order chi connectivity index (χ0) is 16.5. The van der Waals surface area contributed by atoms with Crippen LogP contribution in [0.2, 0.25) is 0 Å². The maximum absolute atomic E-state index is 12.3. The Bertz CT molecular complexity index is 458. The van der Waals surface area contributed by atoms with Crippen molar-refractivity contribution in [3.8, 4) is 0 Å². The fourth-order valence-corrected chi connectivity index (χ4v) is 3.46. The molecular weight excluding hydrogens is 288 g/mol. The Morgan fingerprint density at radius 1 is 1.35 bits per heavy atom. The van der Waals surface area contributed by atoms with Crippen molar-refractivity contribution in [1.82, 2.24) is 10.3 Å². The lowest BCUT2D eigenvalue weighted by molar-refractivity contribution is -0.125. The Hall–Kier alpha value is -1.42. The van der Waals surface area contributed by atoms with E-state index in [1.807, 2.05) is 25.1 Å². The molecule has 0 aromatic carbocycles. The molecule has 1 aromatic rings. The summed E-state index contributed by atoms with van der Waals surface area (Å²) in [6.45, 7) is 2.60. The number of carbonyl (C=O) groups excluding carboxylic acids is 1. The van der Waals surface area contributed by atoms with Gasteiger partial charge >= 0.3 is 0 Å². The minimum Gasteiger partial charge on any atom is -0.396 e. The van der Waals surface area contributed by atoms with Gasteiger partial charge in [-0.3, -0.25) is 9.78 Å². The van der Waals surface area contributed by atoms with Crippen molar-refractivity contribution in [1.29, 1.82) is 0 Å². The lowest BCUT2D eigenvalue weighted by Gasteiger charge is -2.24. The highest BCUT2D eigenvalue weighted by molar-refractivity contribution is 5.78. The summed E-state index contributed by atoms with van der Waals surface area (Å²) in [5.74, 6) is 0.921. The van der Waals surface area contributed by atoms with Gasteiger partial charge in [0.1, 0.15) is 0 Å². The summed E-state index contributed by atoms with van der Waals surface area (Å²) in [7, 11) is 0. The summed E-state index contributed by atoms with van der Waals surface area (Å²) in [5.41, 5.74) is 0.955. The van der Waals surface area contributed by atoms with E-state index in [1.54, 1.807) is 6.20 Å². The number of aliphatic hydroxyl groups excluding tert-OH is 1. The molecule has 2 rings (SSSR count). The van der Waals surface area contributed by atoms with Crippen molar-refractivity contribution < 1.29 is 9.90 Å². The Morgan fingerprint density at radius 2 is 2.13 bits per heavy atom. The molecule has 1 heterocycles. The van der Waals surface area contributed by atoms with Crippen molar-refractivity contribution in [3.63, 3.8) is 0 Å². The van der Waals surface area contributed by atoms with E-state index in [4.69, 9.17) is 0 Å². The highest BCUT2D eigenvalue weighted by Crippen LogP contribution is 2.29. The second kappa shape index (κ2) is 9.66. The van der Waals surface area contributed by atoms with Crippen LogP contribution in [-0.4, -0.2) is 29.1 Å². The number of aliphatic hydroxyl groups is 1. The first-order chi connectivity index (χ1) is 11.2. The van der Waals surface area contributed by atoms with Crippen LogP contribution in [0.15, 0.2) is 24.4 Å². The van der Waals surface area contributed by atoms with Gasteiger partial charge in [-0.05, 0) is 30.9 Å². The predicted octanol–water partition coefficient (Wildman–Crippen LogP) is 2.96. The summed E-state index contributed by atoms with van der Waals surface area (Å²) < 4.78 is 0. The number of aromatic nitrogens is 1. The van der Waals surface area contributed by atoms with Gasteiger partial charge in [0.25, 0.3) is 0 Å². The Labute approximate surface area is 139 Å². The molecule has 4 heteroatoms. The van der Waals surface area contributed by atoms with Crippen LogP contribution in [0, 0.1) is 17.8 Å². The van der Waals surface area contributed by atoms with Gasteiger partial charge < -0.3 is 10.4 Å². The molecule has 1 saturated carbocycles. The van der Waals surface area contributed by atoms with Crippen molar-refractivity contribution in [3.05, 3.63) is 30.1 Å². The molecule has 1 aliphatic carbocycles. The molecule has 2 unspecified atom stereocenters. The molecule has 1 amide bonds. The minimum atomic E-state index is 0.0238. The van der Waals surface area contributed by atoms with Gasteiger partial charge in [0.15, 0.2) is 0 Å². The highest BCUT2D eigenvalue weighted by atomic mass is 16.3. The van der Waals surface area contributed by atoms with Gasteiger partial charge in [-0.2, -0.15) is 0 Å². The molecule has 0 spiro atoms. The lowest BCUT2D eigenvalue weighted by Crippen LogP contribution is -2.36. The third kappa shape index (κ3) is 6.30. The molecule has 128 valence electrons. The molecule has 0 bridgehead atoms. The fraction of sp³-hybridized carbons (Fsp3) is 0.684. The van der Waals surface area contributed by atoms with E-state index in [-0.39, 0.29) is 24.3 Å². The van der Waals surface area contributed by atoms with E-state index in [2.05, 4.69) is 10.3 Å². The molecule has 4 nitrogen and oxygen atoms in total. The normalized spacial score (nSPS) is 18.3. The van der Waals surface area contributed by atoms with E-state index >= 15 is 0 Å². The van der Waals surface area contributed by atoms with E-state index < -0.39 is 0 Å². The number of hydrogen-bond donors (Lipinski definition) is 2. The maximum Gasteiger partial charge on any atom is 0.222 e. The van der Waals surface area contributed by atoms with Crippen LogP contribution in [0.4, 0.5) is 0 Å². The van der Waals surface area contributed by atoms with E-state index in [9.17, 15) is 9.90 Å². The molecular formula is C19H30N2O2. The number of amides is 1. The van der Waals surface area contributed by atoms with E-state index in [1.165, 1.54) is 32.1 Å². The van der Waals surface area contributed by atoms with Gasteiger partial charge in [0, 0.05) is 36.9 Å². The van der Waals surface area contributed by atoms with Gasteiger partial charge in [0.05, 0.1) is 0 Å². The van der Waals surface area contributed by atoms with Crippen LogP contribution in [0.5, 0.6) is 0 Å². The summed E-state index contributed by atoms with van der Waals surface area (Å²) in [4.78, 5) is 16.6. The molecule has 0 aliphatic heterocycles. The van der Waals surface area contributed by atoms with Gasteiger partial charge in [-0.1, -0.05) is 45.1 Å². The SMILES string of the molecule is CC(CC1CCCCC1)C(=O)NCC(CO)Cc1ccccn1. The van der Waals surface area contributed by atoms with Crippen LogP contribution in [-0.2, 0) is 11.2 Å². The molecule has 1 aromatic heterocycles. The molecule has 23 heavy (non-hydrogen) atoms. The van der Waals surface area contributed by atoms with Crippen molar-refractivity contribution >= 4 is 5.91 Å². The summed E-state index contributed by atoms with van der Waals surface area (Å²) in [6.07, 6.45) is 9.97. The second-order valence-corrected chi connectivity index (χ2v) is 6.96. The number of pyridine rings is 1. The summed E-state index contributed by atoms with van der Waals surface area (Å²) in [6, 6.07) is 5.78. The smallest absolute Gasteiger partial charge is 0.222 e. The van der Waals surface area contributed by atoms with Crippen molar-refractivity contribution in [2.24, 2.45) is 17.8 Å². The van der Waals surface area contributed by atoms with Gasteiger partial charge in [-0.15, -0.1) is 0 Å². The Balaban J connectivity index is 1.72. The number of hydrogen-bond acceptors (Lipinski definition) is 3. The van der Waals surface area contributed by atoms with Gasteiger partial charge in [0.2, 0.25) is 5.91 Å². The van der Waals surface area contributed by atoms with Crippen LogP contribution in [0.1, 0.15) is 51.1 Å². The molecule has 1 aliphatic rings. The highest BCUT2D eigenvalue weighted by Gasteiger charge is 2.21. The van der Waals surface area contributed by atoms with E-state index in [0.717, 1.165) is 12.1 Å². The van der Waals surface area contributed by atoms with Crippen molar-refractivity contribution in [2.45, 2.75) is 51.9 Å². The molecule has 1 fully saturated rings. The first-order valence-corrected chi connectivity index (χ1v) is 8.97. The monoisotopic (exact) mass is 318 g/mol. The molecule has 2 atom stereocenters. The first-order valence-electron chi connectivity index (χ1n) is 8.97. The van der Waals surface area contributed by atoms with Crippen molar-refractivity contribution in [2.75, 3.05) is 13.2 Å². The van der Waals surface area contributed by atoms with Crippen LogP contribution in [0.25, 0.3) is 0 Å². The maximum atomic E-state index is 12.3. The molecule has 0 radical (unpaired) electrons. The van der Waals surface area contributed by atoms with Crippen LogP contribution in [0.3, 0.4) is 0 Å². The summed E-state index contributed by atoms with van der Waals surface area (Å²) >= 11 is 0. The summed E-state index contributed by atoms with van der Waals surface area (Å²) in [5, 5.41) is 12.5. The Morgan fingerprint density at radius 3 is 2.78 bits per heavy atom. The zero-order valence-electron chi connectivity index (χ0n) is 14.2. The third-order valence-electron chi connectivity index (χ3n) is 4.91. The average molecular weight is 318 g/mol. The second-order valence-electron chi connectivity index (χ2n) is 6.96. The third-order valence-corrected chi connectivity index (χ3v) is 4.91.